The van der Waals surface area contributed by atoms with E-state index in [0.29, 0.717) is 44.8 Å². The van der Waals surface area contributed by atoms with E-state index in [0.717, 1.165) is 43.0 Å². The summed E-state index contributed by atoms with van der Waals surface area (Å²) in [4.78, 5) is 31.2. The number of carbonyl (C=O) groups excluding carboxylic acids is 1. The summed E-state index contributed by atoms with van der Waals surface area (Å²) in [5.74, 6) is 0.691. The van der Waals surface area contributed by atoms with Crippen molar-refractivity contribution in [3.05, 3.63) is 52.2 Å². The molecule has 0 spiro atoms. The third kappa shape index (κ3) is 5.89. The van der Waals surface area contributed by atoms with Crippen molar-refractivity contribution in [1.82, 2.24) is 19.8 Å². The van der Waals surface area contributed by atoms with Gasteiger partial charge < -0.3 is 24.3 Å². The maximum absolute atomic E-state index is 12.6. The van der Waals surface area contributed by atoms with E-state index in [9.17, 15) is 10.1 Å². The zero-order valence-electron chi connectivity index (χ0n) is 23.6. The van der Waals surface area contributed by atoms with Crippen molar-refractivity contribution in [2.75, 3.05) is 56.2 Å². The number of halogens is 1. The number of aryl methyl sites for hydroxylation is 1. The molecular weight excluding hydrogens is 526 g/mol. The number of nitriles is 1. The first kappa shape index (κ1) is 28.2. The van der Waals surface area contributed by atoms with Gasteiger partial charge in [0.05, 0.1) is 30.8 Å². The molecule has 1 aromatic carbocycles. The van der Waals surface area contributed by atoms with Gasteiger partial charge in [0, 0.05) is 55.1 Å². The minimum atomic E-state index is -0.253. The highest BCUT2D eigenvalue weighted by molar-refractivity contribution is 6.26. The lowest BCUT2D eigenvalue weighted by Gasteiger charge is -2.42. The summed E-state index contributed by atoms with van der Waals surface area (Å²) < 4.78 is 6.26. The Morgan fingerprint density at radius 2 is 2.02 bits per heavy atom. The predicted octanol–water partition coefficient (Wildman–Crippen LogP) is 3.81. The van der Waals surface area contributed by atoms with Crippen LogP contribution in [0.15, 0.2) is 29.8 Å². The van der Waals surface area contributed by atoms with Gasteiger partial charge in [0.2, 0.25) is 5.91 Å². The lowest BCUT2D eigenvalue weighted by molar-refractivity contribution is -0.128. The molecule has 0 radical (unpaired) electrons. The molecular formula is C30H38ClN7O2. The van der Waals surface area contributed by atoms with Gasteiger partial charge in [-0.05, 0) is 63.9 Å². The molecule has 0 unspecified atom stereocenters. The van der Waals surface area contributed by atoms with E-state index in [1.54, 1.807) is 4.90 Å². The molecule has 5 rings (SSSR count). The Kier molecular flexibility index (Phi) is 8.77. The van der Waals surface area contributed by atoms with Gasteiger partial charge in [-0.3, -0.25) is 4.79 Å². The Morgan fingerprint density at radius 3 is 2.77 bits per heavy atom. The van der Waals surface area contributed by atoms with Gasteiger partial charge in [-0.1, -0.05) is 23.7 Å². The van der Waals surface area contributed by atoms with E-state index >= 15 is 0 Å². The van der Waals surface area contributed by atoms with Gasteiger partial charge >= 0.3 is 6.01 Å². The average molecular weight is 564 g/mol. The molecule has 3 aliphatic rings. The van der Waals surface area contributed by atoms with Crippen molar-refractivity contribution in [2.45, 2.75) is 58.2 Å². The van der Waals surface area contributed by atoms with Crippen LogP contribution in [0.1, 0.15) is 41.6 Å². The molecule has 3 aliphatic heterocycles. The zero-order valence-corrected chi connectivity index (χ0v) is 24.4. The molecule has 2 fully saturated rings. The zero-order chi connectivity index (χ0) is 28.2. The highest BCUT2D eigenvalue weighted by Crippen LogP contribution is 2.34. The highest BCUT2D eigenvalue weighted by atomic mass is 35.5. The van der Waals surface area contributed by atoms with Crippen molar-refractivity contribution in [2.24, 2.45) is 0 Å². The summed E-state index contributed by atoms with van der Waals surface area (Å²) in [5, 5.41) is 9.51. The third-order valence-corrected chi connectivity index (χ3v) is 8.74. The number of benzene rings is 1. The van der Waals surface area contributed by atoms with Gasteiger partial charge in [0.25, 0.3) is 0 Å². The van der Waals surface area contributed by atoms with Crippen molar-refractivity contribution >= 4 is 29.0 Å². The number of fused-ring (bicyclic) bond motifs is 1. The van der Waals surface area contributed by atoms with Crippen molar-refractivity contribution in [3.63, 3.8) is 0 Å². The van der Waals surface area contributed by atoms with Crippen LogP contribution in [0.5, 0.6) is 6.01 Å². The monoisotopic (exact) mass is 563 g/mol. The molecule has 0 N–H and O–H groups in total. The first-order chi connectivity index (χ1) is 19.4. The molecule has 2 saturated heterocycles. The van der Waals surface area contributed by atoms with Crippen LogP contribution in [0.25, 0.3) is 0 Å². The molecule has 0 bridgehead atoms. The summed E-state index contributed by atoms with van der Waals surface area (Å²) in [6, 6.07) is 9.20. The normalized spacial score (nSPS) is 21.5. The van der Waals surface area contributed by atoms with Crippen LogP contribution in [0.2, 0.25) is 0 Å². The van der Waals surface area contributed by atoms with Crippen molar-refractivity contribution in [1.29, 1.82) is 5.26 Å². The molecule has 212 valence electrons. The number of likely N-dealkylation sites (tertiary alicyclic amines) is 1. The number of hydrogen-bond acceptors (Lipinski definition) is 8. The van der Waals surface area contributed by atoms with E-state index in [2.05, 4.69) is 59.9 Å². The van der Waals surface area contributed by atoms with Gasteiger partial charge in [-0.15, -0.1) is 0 Å². The number of aromatic nitrogens is 2. The Morgan fingerprint density at radius 1 is 1.18 bits per heavy atom. The number of anilines is 2. The molecule has 0 aliphatic carbocycles. The fourth-order valence-corrected chi connectivity index (χ4v) is 6.23. The standard InChI is InChI=1S/C30H38ClN7O2/c1-21-6-4-8-27(22(21)2)36-15-11-25-26(19-36)33-30(40-20-24-7-5-14-35(24)3)34-29(25)37-16-17-38(28(39)9-12-31)23(18-37)10-13-32/h4,6,8-9,12,23-24H,5,7,10-11,14-20H2,1-3H3/b12-9-/t23-,24-/m0/s1. The van der Waals surface area contributed by atoms with Crippen LogP contribution in [0.4, 0.5) is 11.5 Å². The lowest BCUT2D eigenvalue weighted by Crippen LogP contribution is -2.55. The Balaban J connectivity index is 1.45. The maximum atomic E-state index is 12.6. The van der Waals surface area contributed by atoms with E-state index < -0.39 is 0 Å². The fourth-order valence-electron chi connectivity index (χ4n) is 6.13. The number of amides is 1. The van der Waals surface area contributed by atoms with Crippen molar-refractivity contribution < 1.29 is 9.53 Å². The van der Waals surface area contributed by atoms with E-state index in [1.807, 2.05) is 0 Å². The van der Waals surface area contributed by atoms with Crippen LogP contribution in [0.3, 0.4) is 0 Å². The molecule has 1 aromatic heterocycles. The first-order valence-corrected chi connectivity index (χ1v) is 14.6. The second-order valence-electron chi connectivity index (χ2n) is 11.0. The summed E-state index contributed by atoms with van der Waals surface area (Å²) in [5.41, 5.74) is 7.12. The minimum Gasteiger partial charge on any atom is -0.462 e. The van der Waals surface area contributed by atoms with Gasteiger partial charge in [-0.2, -0.15) is 15.2 Å². The molecule has 0 saturated carbocycles. The molecule has 9 nitrogen and oxygen atoms in total. The van der Waals surface area contributed by atoms with Crippen LogP contribution >= 0.6 is 11.6 Å². The molecule has 1 amide bonds. The number of nitrogens with zero attached hydrogens (tertiary/aromatic N) is 7. The first-order valence-electron chi connectivity index (χ1n) is 14.1. The second-order valence-corrected chi connectivity index (χ2v) is 11.3. The SMILES string of the molecule is Cc1cccc(N2CCc3c(nc(OC[C@@H]4CCCN4C)nc3N3CCN(C(=O)/C=C\Cl)[C@@H](CC#N)C3)C2)c1C. The molecule has 2 aromatic rings. The number of rotatable bonds is 7. The molecule has 40 heavy (non-hydrogen) atoms. The van der Waals surface area contributed by atoms with E-state index in [4.69, 9.17) is 26.3 Å². The topological polar surface area (TPSA) is 88.8 Å². The molecule has 4 heterocycles. The van der Waals surface area contributed by atoms with Crippen LogP contribution in [-0.2, 0) is 17.8 Å². The molecule has 10 heteroatoms. The van der Waals surface area contributed by atoms with Gasteiger partial charge in [0.15, 0.2) is 0 Å². The van der Waals surface area contributed by atoms with Gasteiger partial charge in [0.1, 0.15) is 12.4 Å². The van der Waals surface area contributed by atoms with Crippen LogP contribution in [-0.4, -0.2) is 84.1 Å². The van der Waals surface area contributed by atoms with Crippen LogP contribution in [0, 0.1) is 25.2 Å². The highest BCUT2D eigenvalue weighted by Gasteiger charge is 2.33. The number of hydrogen-bond donors (Lipinski definition) is 0. The van der Waals surface area contributed by atoms with E-state index in [-0.39, 0.29) is 18.4 Å². The summed E-state index contributed by atoms with van der Waals surface area (Å²) in [6.45, 7) is 9.11. The summed E-state index contributed by atoms with van der Waals surface area (Å²) >= 11 is 5.68. The third-order valence-electron chi connectivity index (χ3n) is 8.61. The molecule has 2 atom stereocenters. The number of piperazine rings is 1. The van der Waals surface area contributed by atoms with E-state index in [1.165, 1.54) is 34.8 Å². The van der Waals surface area contributed by atoms with Crippen LogP contribution < -0.4 is 14.5 Å². The quantitative estimate of drug-likeness (QED) is 0.470. The fraction of sp³-hybridized carbons (Fsp3) is 0.533. The summed E-state index contributed by atoms with van der Waals surface area (Å²) in [7, 11) is 2.14. The number of carbonyl (C=O) groups is 1. The second kappa shape index (κ2) is 12.4. The lowest BCUT2D eigenvalue weighted by atomic mass is 10.0. The minimum absolute atomic E-state index is 0.173. The number of ether oxygens (including phenoxy) is 1. The predicted molar refractivity (Wildman–Crippen MR) is 157 cm³/mol. The van der Waals surface area contributed by atoms with Crippen molar-refractivity contribution in [3.8, 4) is 12.1 Å². The number of likely N-dealkylation sites (N-methyl/N-ethyl adjacent to an activating group) is 1. The Labute approximate surface area is 242 Å². The largest absolute Gasteiger partial charge is 0.462 e. The van der Waals surface area contributed by atoms with Gasteiger partial charge in [-0.25, -0.2) is 0 Å². The summed E-state index contributed by atoms with van der Waals surface area (Å²) in [6.07, 6.45) is 4.68. The smallest absolute Gasteiger partial charge is 0.318 e. The maximum Gasteiger partial charge on any atom is 0.318 e. The Hall–Kier alpha value is -3.35. The Bertz CT molecular complexity index is 1310. The average Bonchev–Trinajstić information content (AvgIpc) is 3.37.